The van der Waals surface area contributed by atoms with Crippen molar-refractivity contribution in [2.45, 2.75) is 64.2 Å². The average Bonchev–Trinajstić information content (AvgIpc) is 3.02. The fourth-order valence-electron chi connectivity index (χ4n) is 4.91. The predicted octanol–water partition coefficient (Wildman–Crippen LogP) is 7.09. The molecule has 1 saturated carbocycles. The van der Waals surface area contributed by atoms with Crippen LogP contribution in [0.15, 0.2) is 54.1 Å². The smallest absolute Gasteiger partial charge is 0.0313 e. The lowest BCUT2D eigenvalue weighted by atomic mass is 9.73. The number of benzene rings is 2. The van der Waals surface area contributed by atoms with Crippen LogP contribution in [0.5, 0.6) is 0 Å². The van der Waals surface area contributed by atoms with Crippen LogP contribution < -0.4 is 0 Å². The van der Waals surface area contributed by atoms with Gasteiger partial charge in [-0.2, -0.15) is 0 Å². The Kier molecular flexibility index (Phi) is 4.31. The summed E-state index contributed by atoms with van der Waals surface area (Å²) < 4.78 is 0. The van der Waals surface area contributed by atoms with Gasteiger partial charge in [0.25, 0.3) is 0 Å². The van der Waals surface area contributed by atoms with Gasteiger partial charge < -0.3 is 0 Å². The molecule has 25 heavy (non-hydrogen) atoms. The van der Waals surface area contributed by atoms with Gasteiger partial charge in [0, 0.05) is 5.92 Å². The third-order valence-corrected chi connectivity index (χ3v) is 6.10. The summed E-state index contributed by atoms with van der Waals surface area (Å²) in [6.45, 7) is 7.05. The lowest BCUT2D eigenvalue weighted by Crippen LogP contribution is -2.19. The van der Waals surface area contributed by atoms with E-state index in [0.29, 0.717) is 5.92 Å². The molecule has 1 fully saturated rings. The largest absolute Gasteiger partial charge is 0.0622 e. The Morgan fingerprint density at radius 1 is 0.800 bits per heavy atom. The molecule has 2 aliphatic carbocycles. The zero-order chi connectivity index (χ0) is 17.4. The summed E-state index contributed by atoms with van der Waals surface area (Å²) >= 11 is 0. The Morgan fingerprint density at radius 2 is 1.52 bits per heavy atom. The van der Waals surface area contributed by atoms with Crippen LogP contribution in [0.2, 0.25) is 0 Å². The van der Waals surface area contributed by atoms with E-state index in [-0.39, 0.29) is 5.41 Å². The van der Waals surface area contributed by atoms with Crippen molar-refractivity contribution in [3.8, 4) is 0 Å². The highest BCUT2D eigenvalue weighted by atomic mass is 14.4. The van der Waals surface area contributed by atoms with Crippen LogP contribution in [0.1, 0.15) is 81.0 Å². The molecule has 0 N–H and O–H groups in total. The Labute approximate surface area is 153 Å². The second kappa shape index (κ2) is 6.48. The summed E-state index contributed by atoms with van der Waals surface area (Å²) in [5.41, 5.74) is 7.87. The zero-order valence-electron chi connectivity index (χ0n) is 15.9. The highest BCUT2D eigenvalue weighted by molar-refractivity contribution is 5.72. The summed E-state index contributed by atoms with van der Waals surface area (Å²) in [5.74, 6) is 1.22. The summed E-state index contributed by atoms with van der Waals surface area (Å²) in [7, 11) is 0. The van der Waals surface area contributed by atoms with Gasteiger partial charge in [-0.25, -0.2) is 0 Å². The second-order valence-electron chi connectivity index (χ2n) is 8.88. The van der Waals surface area contributed by atoms with Crippen molar-refractivity contribution in [2.75, 3.05) is 0 Å². The van der Waals surface area contributed by atoms with Crippen LogP contribution in [-0.4, -0.2) is 0 Å². The quantitative estimate of drug-likeness (QED) is 0.551. The minimum absolute atomic E-state index is 0.175. The Hall–Kier alpha value is -1.82. The molecule has 2 aromatic rings. The van der Waals surface area contributed by atoms with E-state index < -0.39 is 0 Å². The molecule has 0 spiro atoms. The van der Waals surface area contributed by atoms with E-state index in [4.69, 9.17) is 0 Å². The lowest BCUT2D eigenvalue weighted by molar-refractivity contribution is 0.395. The van der Waals surface area contributed by atoms with E-state index in [1.165, 1.54) is 48.8 Å². The van der Waals surface area contributed by atoms with Gasteiger partial charge in [-0.15, -0.1) is 0 Å². The number of hydrogen-bond donors (Lipinski definition) is 0. The number of hydrogen-bond acceptors (Lipinski definition) is 0. The molecular weight excluding hydrogens is 300 g/mol. The zero-order valence-corrected chi connectivity index (χ0v) is 15.9. The van der Waals surface area contributed by atoms with Gasteiger partial charge in [0.1, 0.15) is 0 Å². The third-order valence-electron chi connectivity index (χ3n) is 6.10. The van der Waals surface area contributed by atoms with Crippen LogP contribution in [0.3, 0.4) is 0 Å². The minimum Gasteiger partial charge on any atom is -0.0622 e. The van der Waals surface area contributed by atoms with Gasteiger partial charge in [0.05, 0.1) is 0 Å². The Bertz CT molecular complexity index is 767. The van der Waals surface area contributed by atoms with Crippen LogP contribution in [-0.2, 0) is 5.41 Å². The van der Waals surface area contributed by atoms with Crippen LogP contribution in [0.25, 0.3) is 6.08 Å². The summed E-state index contributed by atoms with van der Waals surface area (Å²) in [5, 5.41) is 0. The van der Waals surface area contributed by atoms with Crippen molar-refractivity contribution >= 4 is 6.08 Å². The second-order valence-corrected chi connectivity index (χ2v) is 8.88. The maximum Gasteiger partial charge on any atom is 0.0313 e. The first-order valence-corrected chi connectivity index (χ1v) is 9.95. The molecule has 2 aliphatic rings. The van der Waals surface area contributed by atoms with E-state index in [9.17, 15) is 0 Å². The highest BCUT2D eigenvalue weighted by Gasteiger charge is 2.35. The predicted molar refractivity (Wildman–Crippen MR) is 108 cm³/mol. The monoisotopic (exact) mass is 330 g/mol. The molecule has 0 heterocycles. The van der Waals surface area contributed by atoms with Crippen LogP contribution in [0, 0.1) is 5.92 Å². The molecule has 4 rings (SSSR count). The molecule has 0 aliphatic heterocycles. The molecule has 0 heteroatoms. The SMILES string of the molecule is CC(C)(C)c1cccc2c1C(c1ccccc1)C(C1CCCCC1)=C2. The minimum atomic E-state index is 0.175. The van der Waals surface area contributed by atoms with Crippen molar-refractivity contribution < 1.29 is 0 Å². The van der Waals surface area contributed by atoms with Gasteiger partial charge in [0.15, 0.2) is 0 Å². The first-order chi connectivity index (χ1) is 12.1. The lowest BCUT2D eigenvalue weighted by Gasteiger charge is -2.31. The summed E-state index contributed by atoms with van der Waals surface area (Å²) in [4.78, 5) is 0. The molecule has 1 atom stereocenters. The fourth-order valence-corrected chi connectivity index (χ4v) is 4.91. The average molecular weight is 331 g/mol. The summed E-state index contributed by atoms with van der Waals surface area (Å²) in [6, 6.07) is 18.1. The van der Waals surface area contributed by atoms with E-state index in [1.807, 2.05) is 0 Å². The van der Waals surface area contributed by atoms with Gasteiger partial charge in [0.2, 0.25) is 0 Å². The highest BCUT2D eigenvalue weighted by Crippen LogP contribution is 2.50. The molecule has 1 unspecified atom stereocenters. The summed E-state index contributed by atoms with van der Waals surface area (Å²) in [6.07, 6.45) is 9.48. The van der Waals surface area contributed by atoms with E-state index in [0.717, 1.165) is 5.92 Å². The maximum atomic E-state index is 2.54. The van der Waals surface area contributed by atoms with Crippen LogP contribution >= 0.6 is 0 Å². The fraction of sp³-hybridized carbons (Fsp3) is 0.440. The van der Waals surface area contributed by atoms with E-state index in [2.05, 4.69) is 75.4 Å². The van der Waals surface area contributed by atoms with Crippen molar-refractivity contribution in [1.82, 2.24) is 0 Å². The normalized spacial score (nSPS) is 21.1. The first-order valence-electron chi connectivity index (χ1n) is 9.95. The van der Waals surface area contributed by atoms with Crippen molar-refractivity contribution in [3.05, 3.63) is 76.4 Å². The molecule has 2 aromatic carbocycles. The Morgan fingerprint density at radius 3 is 2.20 bits per heavy atom. The molecule has 0 bridgehead atoms. The molecule has 0 amide bonds. The standard InChI is InChI=1S/C25H30/c1-25(2,3)22-16-10-15-20-17-21(18-11-6-4-7-12-18)23(24(20)22)19-13-8-5-9-14-19/h5,8-10,13-18,23H,4,6-7,11-12H2,1-3H3. The first kappa shape index (κ1) is 16.6. The van der Waals surface area contributed by atoms with Gasteiger partial charge in [-0.3, -0.25) is 0 Å². The van der Waals surface area contributed by atoms with E-state index >= 15 is 0 Å². The van der Waals surface area contributed by atoms with Gasteiger partial charge in [-0.05, 0) is 46.4 Å². The topological polar surface area (TPSA) is 0 Å². The van der Waals surface area contributed by atoms with Crippen molar-refractivity contribution in [2.24, 2.45) is 5.92 Å². The number of allylic oxidation sites excluding steroid dienone is 1. The van der Waals surface area contributed by atoms with Crippen molar-refractivity contribution in [1.29, 1.82) is 0 Å². The molecule has 0 saturated heterocycles. The molecule has 0 radical (unpaired) electrons. The molecule has 0 nitrogen and oxygen atoms in total. The van der Waals surface area contributed by atoms with Gasteiger partial charge in [-0.1, -0.05) is 100 Å². The third kappa shape index (κ3) is 3.08. The number of rotatable bonds is 2. The maximum absolute atomic E-state index is 2.54. The van der Waals surface area contributed by atoms with Crippen molar-refractivity contribution in [3.63, 3.8) is 0 Å². The van der Waals surface area contributed by atoms with E-state index in [1.54, 1.807) is 11.1 Å². The Balaban J connectivity index is 1.86. The molecular formula is C25H30. The number of fused-ring (bicyclic) bond motifs is 1. The molecule has 0 aromatic heterocycles. The van der Waals surface area contributed by atoms with Crippen LogP contribution in [0.4, 0.5) is 0 Å². The molecule has 130 valence electrons. The van der Waals surface area contributed by atoms with Gasteiger partial charge >= 0.3 is 0 Å².